The summed E-state index contributed by atoms with van der Waals surface area (Å²) in [4.78, 5) is 21.6. The lowest BCUT2D eigenvalue weighted by Crippen LogP contribution is -2.37. The van der Waals surface area contributed by atoms with Crippen LogP contribution in [-0.4, -0.2) is 68.8 Å². The molecule has 0 bridgehead atoms. The Labute approximate surface area is 211 Å². The fraction of sp³-hybridized carbons (Fsp3) is 0.963. The van der Waals surface area contributed by atoms with Crippen LogP contribution in [0.15, 0.2) is 0 Å². The Bertz CT molecular complexity index is 536. The van der Waals surface area contributed by atoms with Gasteiger partial charge in [0.2, 0.25) is 0 Å². The average Bonchev–Trinajstić information content (AvgIpc) is 2.75. The number of nitrogens with zero attached hydrogens (tertiary/aromatic N) is 1. The Kier molecular flexibility index (Phi) is 20.7. The lowest BCUT2D eigenvalue weighted by atomic mass is 10.0. The van der Waals surface area contributed by atoms with Gasteiger partial charge in [0.15, 0.2) is 0 Å². The van der Waals surface area contributed by atoms with Crippen LogP contribution in [0.5, 0.6) is 0 Å². The minimum Gasteiger partial charge on any atom is -0.381 e. The van der Waals surface area contributed by atoms with E-state index in [-0.39, 0.29) is 24.5 Å². The predicted molar refractivity (Wildman–Crippen MR) is 143 cm³/mol. The quantitative estimate of drug-likeness (QED) is 0.0821. The number of carbonyl (C=O) groups excluding carboxylic acids is 1. The van der Waals surface area contributed by atoms with Gasteiger partial charge in [-0.2, -0.15) is 0 Å². The third-order valence-corrected chi connectivity index (χ3v) is 7.45. The zero-order chi connectivity index (χ0) is 25.7. The summed E-state index contributed by atoms with van der Waals surface area (Å²) in [6, 6.07) is 0. The van der Waals surface area contributed by atoms with Crippen LogP contribution in [0.2, 0.25) is 0 Å². The van der Waals surface area contributed by atoms with Crippen LogP contribution < -0.4 is 0 Å². The molecule has 7 heteroatoms. The van der Waals surface area contributed by atoms with Crippen molar-refractivity contribution in [2.75, 3.05) is 53.7 Å². The normalized spacial score (nSPS) is 14.8. The number of hydrogen-bond donors (Lipinski definition) is 1. The average molecular weight is 507 g/mol. The molecule has 34 heavy (non-hydrogen) atoms. The Morgan fingerprint density at radius 1 is 0.824 bits per heavy atom. The first-order valence-electron chi connectivity index (χ1n) is 13.9. The van der Waals surface area contributed by atoms with Crippen LogP contribution >= 0.6 is 7.60 Å². The van der Waals surface area contributed by atoms with Crippen LogP contribution in [0.4, 0.5) is 0 Å². The van der Waals surface area contributed by atoms with Gasteiger partial charge in [-0.15, -0.1) is 0 Å². The van der Waals surface area contributed by atoms with Crippen molar-refractivity contribution < 1.29 is 28.0 Å². The molecule has 0 aromatic heterocycles. The predicted octanol–water partition coefficient (Wildman–Crippen LogP) is 6.99. The standard InChI is InChI=1S/C27H56NO5P/c1-6-7-8-9-10-11-12-13-14-15-16-17-18-19-21-32-24-27(23-26(2)29)25-33-34(30,31)22-20-28(3,4)5/h27H,6-25H2,1-5H3/p+1. The van der Waals surface area contributed by atoms with Crippen molar-refractivity contribution in [1.29, 1.82) is 0 Å². The minimum atomic E-state index is -3.64. The molecule has 2 unspecified atom stereocenters. The van der Waals surface area contributed by atoms with E-state index in [0.29, 0.717) is 30.7 Å². The summed E-state index contributed by atoms with van der Waals surface area (Å²) >= 11 is 0. The molecule has 6 nitrogen and oxygen atoms in total. The molecule has 0 aromatic carbocycles. The molecule has 0 amide bonds. The molecular formula is C27H57NO5P+. The highest BCUT2D eigenvalue weighted by molar-refractivity contribution is 7.52. The number of hydrogen-bond acceptors (Lipinski definition) is 4. The minimum absolute atomic E-state index is 0.0489. The molecule has 0 spiro atoms. The molecule has 0 saturated heterocycles. The van der Waals surface area contributed by atoms with Crippen LogP contribution in [0.3, 0.4) is 0 Å². The highest BCUT2D eigenvalue weighted by atomic mass is 31.2. The molecule has 0 aliphatic rings. The highest BCUT2D eigenvalue weighted by Gasteiger charge is 2.25. The second-order valence-corrected chi connectivity index (χ2v) is 13.1. The van der Waals surface area contributed by atoms with Crippen LogP contribution in [0, 0.1) is 5.92 Å². The Morgan fingerprint density at radius 3 is 1.74 bits per heavy atom. The van der Waals surface area contributed by atoms with Gasteiger partial charge >= 0.3 is 7.60 Å². The molecule has 0 aliphatic heterocycles. The largest absolute Gasteiger partial charge is 0.381 e. The first-order chi connectivity index (χ1) is 16.1. The summed E-state index contributed by atoms with van der Waals surface area (Å²) in [5.41, 5.74) is 0. The second-order valence-electron chi connectivity index (χ2n) is 11.1. The van der Waals surface area contributed by atoms with E-state index in [2.05, 4.69) is 6.92 Å². The van der Waals surface area contributed by atoms with Crippen LogP contribution in [0.25, 0.3) is 0 Å². The number of carbonyl (C=O) groups is 1. The van der Waals surface area contributed by atoms with Gasteiger partial charge in [0.05, 0.1) is 47.1 Å². The van der Waals surface area contributed by atoms with Crippen molar-refractivity contribution in [2.45, 2.75) is 110 Å². The first kappa shape index (κ1) is 33.7. The zero-order valence-electron chi connectivity index (χ0n) is 23.2. The molecular weight excluding hydrogens is 449 g/mol. The summed E-state index contributed by atoms with van der Waals surface area (Å²) in [6.07, 6.45) is 19.0. The van der Waals surface area contributed by atoms with Gasteiger partial charge in [0.1, 0.15) is 5.78 Å². The van der Waals surface area contributed by atoms with Gasteiger partial charge in [-0.1, -0.05) is 90.4 Å². The maximum Gasteiger partial charge on any atom is 0.333 e. The topological polar surface area (TPSA) is 72.8 Å². The maximum atomic E-state index is 12.3. The van der Waals surface area contributed by atoms with Crippen molar-refractivity contribution in [3.05, 3.63) is 0 Å². The second kappa shape index (κ2) is 20.9. The summed E-state index contributed by atoms with van der Waals surface area (Å²) in [5, 5.41) is 0. The smallest absolute Gasteiger partial charge is 0.333 e. The van der Waals surface area contributed by atoms with Crippen molar-refractivity contribution in [1.82, 2.24) is 0 Å². The van der Waals surface area contributed by atoms with Gasteiger partial charge in [-0.3, -0.25) is 4.57 Å². The van der Waals surface area contributed by atoms with Crippen molar-refractivity contribution in [2.24, 2.45) is 5.92 Å². The van der Waals surface area contributed by atoms with Gasteiger partial charge in [0.25, 0.3) is 0 Å². The SMILES string of the molecule is CCCCCCCCCCCCCCCCOCC(COP(=O)(O)CC[N+](C)(C)C)CC(C)=O. The molecule has 0 radical (unpaired) electrons. The van der Waals surface area contributed by atoms with Gasteiger partial charge in [-0.05, 0) is 13.3 Å². The molecule has 204 valence electrons. The molecule has 2 atom stereocenters. The molecule has 1 N–H and O–H groups in total. The van der Waals surface area contributed by atoms with Crippen molar-refractivity contribution in [3.63, 3.8) is 0 Å². The third kappa shape index (κ3) is 24.9. The third-order valence-electron chi connectivity index (χ3n) is 6.14. The molecule has 0 heterocycles. The summed E-state index contributed by atoms with van der Waals surface area (Å²) in [5.74, 6) is -0.124. The number of ether oxygens (including phenoxy) is 1. The lowest BCUT2D eigenvalue weighted by molar-refractivity contribution is -0.867. The van der Waals surface area contributed by atoms with Gasteiger partial charge in [-0.25, -0.2) is 0 Å². The zero-order valence-corrected chi connectivity index (χ0v) is 24.1. The van der Waals surface area contributed by atoms with E-state index in [1.807, 2.05) is 21.1 Å². The van der Waals surface area contributed by atoms with E-state index >= 15 is 0 Å². The molecule has 0 rings (SSSR count). The molecule has 0 aliphatic carbocycles. The van der Waals surface area contributed by atoms with E-state index in [0.717, 1.165) is 6.42 Å². The number of quaternary nitrogens is 1. The van der Waals surface area contributed by atoms with E-state index in [1.165, 1.54) is 90.4 Å². The van der Waals surface area contributed by atoms with Crippen molar-refractivity contribution >= 4 is 13.4 Å². The van der Waals surface area contributed by atoms with E-state index in [1.54, 1.807) is 0 Å². The van der Waals surface area contributed by atoms with E-state index in [4.69, 9.17) is 9.26 Å². The molecule has 0 saturated carbocycles. The van der Waals surface area contributed by atoms with Crippen LogP contribution in [-0.2, 0) is 18.6 Å². The number of ketones is 1. The molecule has 0 aromatic rings. The lowest BCUT2D eigenvalue weighted by Gasteiger charge is -2.25. The van der Waals surface area contributed by atoms with Gasteiger partial charge < -0.3 is 23.4 Å². The van der Waals surface area contributed by atoms with Gasteiger partial charge in [0, 0.05) is 18.9 Å². The highest BCUT2D eigenvalue weighted by Crippen LogP contribution is 2.42. The fourth-order valence-electron chi connectivity index (χ4n) is 3.93. The van der Waals surface area contributed by atoms with E-state index < -0.39 is 7.60 Å². The fourth-order valence-corrected chi connectivity index (χ4v) is 5.36. The number of unbranched alkanes of at least 4 members (excludes halogenated alkanes) is 13. The summed E-state index contributed by atoms with van der Waals surface area (Å²) in [6.45, 7) is 5.52. The molecule has 0 fully saturated rings. The number of Topliss-reactive ketones (excluding diaryl/α,β-unsaturated/α-hetero) is 1. The first-order valence-corrected chi connectivity index (χ1v) is 15.7. The Hall–Kier alpha value is -0.260. The van der Waals surface area contributed by atoms with E-state index in [9.17, 15) is 14.3 Å². The summed E-state index contributed by atoms with van der Waals surface area (Å²) < 4.78 is 24.0. The monoisotopic (exact) mass is 506 g/mol. The van der Waals surface area contributed by atoms with Crippen molar-refractivity contribution in [3.8, 4) is 0 Å². The number of rotatable bonds is 25. The summed E-state index contributed by atoms with van der Waals surface area (Å²) in [7, 11) is 2.28. The Morgan fingerprint density at radius 2 is 1.29 bits per heavy atom. The Balaban J connectivity index is 3.76. The maximum absolute atomic E-state index is 12.3. The van der Waals surface area contributed by atoms with Crippen LogP contribution in [0.1, 0.15) is 110 Å².